The Morgan fingerprint density at radius 3 is 2.48 bits per heavy atom. The Balaban J connectivity index is 1.58. The van der Waals surface area contributed by atoms with Gasteiger partial charge < -0.3 is 19.7 Å². The minimum atomic E-state index is -0.118. The third-order valence-electron chi connectivity index (χ3n) is 4.75. The Morgan fingerprint density at radius 1 is 1.15 bits per heavy atom. The fourth-order valence-corrected chi connectivity index (χ4v) is 3.19. The minimum absolute atomic E-state index is 0.0420. The number of hydrogen-bond acceptors (Lipinski definition) is 4. The first-order chi connectivity index (χ1) is 13.1. The number of hydrogen-bond donors (Lipinski definition) is 1. The summed E-state index contributed by atoms with van der Waals surface area (Å²) in [7, 11) is 0. The smallest absolute Gasteiger partial charge is 0.317 e. The van der Waals surface area contributed by atoms with Gasteiger partial charge in [-0.2, -0.15) is 0 Å². The van der Waals surface area contributed by atoms with Crippen LogP contribution in [0.4, 0.5) is 4.79 Å². The average Bonchev–Trinajstić information content (AvgIpc) is 2.63. The van der Waals surface area contributed by atoms with Crippen molar-refractivity contribution in [3.63, 3.8) is 0 Å². The number of aromatic nitrogens is 1. The monoisotopic (exact) mass is 369 g/mol. The maximum Gasteiger partial charge on any atom is 0.317 e. The van der Waals surface area contributed by atoms with E-state index in [-0.39, 0.29) is 12.1 Å². The molecule has 2 heterocycles. The topological polar surface area (TPSA) is 63.7 Å². The summed E-state index contributed by atoms with van der Waals surface area (Å²) < 4.78 is 11.3. The summed E-state index contributed by atoms with van der Waals surface area (Å²) in [5, 5.41) is 3.07. The van der Waals surface area contributed by atoms with Crippen molar-refractivity contribution in [3.05, 3.63) is 53.9 Å². The number of benzene rings is 1. The Hall–Kier alpha value is -2.76. The third kappa shape index (κ3) is 4.51. The van der Waals surface area contributed by atoms with Crippen LogP contribution in [0.1, 0.15) is 43.9 Å². The second-order valence-corrected chi connectivity index (χ2v) is 6.63. The molecule has 144 valence electrons. The number of likely N-dealkylation sites (tertiary alicyclic amines) is 1. The Morgan fingerprint density at radius 2 is 1.81 bits per heavy atom. The van der Waals surface area contributed by atoms with Crippen molar-refractivity contribution in [1.82, 2.24) is 15.2 Å². The predicted molar refractivity (Wildman–Crippen MR) is 104 cm³/mol. The normalized spacial score (nSPS) is 15.0. The molecule has 0 saturated carbocycles. The van der Waals surface area contributed by atoms with Crippen LogP contribution in [0.3, 0.4) is 0 Å². The highest BCUT2D eigenvalue weighted by atomic mass is 16.5. The molecule has 1 saturated heterocycles. The van der Waals surface area contributed by atoms with E-state index >= 15 is 0 Å². The molecule has 27 heavy (non-hydrogen) atoms. The molecule has 0 unspecified atom stereocenters. The Kier molecular flexibility index (Phi) is 6.16. The van der Waals surface area contributed by atoms with Crippen molar-refractivity contribution >= 4 is 6.03 Å². The number of rotatable bonds is 7. The van der Waals surface area contributed by atoms with Gasteiger partial charge in [-0.25, -0.2) is 4.79 Å². The quantitative estimate of drug-likeness (QED) is 0.807. The van der Waals surface area contributed by atoms with Crippen molar-refractivity contribution in [3.8, 4) is 11.5 Å². The molecular weight excluding hydrogens is 342 g/mol. The molecule has 2 aromatic rings. The summed E-state index contributed by atoms with van der Waals surface area (Å²) in [5.41, 5.74) is 2.22. The Labute approximate surface area is 160 Å². The van der Waals surface area contributed by atoms with Gasteiger partial charge in [-0.1, -0.05) is 6.07 Å². The molecule has 1 N–H and O–H groups in total. The number of carbonyl (C=O) groups is 1. The molecule has 0 spiro atoms. The molecule has 0 bridgehead atoms. The first kappa shape index (κ1) is 19.0. The molecule has 1 aliphatic heterocycles. The summed E-state index contributed by atoms with van der Waals surface area (Å²) in [6, 6.07) is 9.67. The molecule has 1 aromatic carbocycles. The second-order valence-electron chi connectivity index (χ2n) is 6.63. The lowest BCUT2D eigenvalue weighted by Gasteiger charge is -2.40. The first-order valence-corrected chi connectivity index (χ1v) is 9.47. The van der Waals surface area contributed by atoms with Gasteiger partial charge >= 0.3 is 6.03 Å². The van der Waals surface area contributed by atoms with Crippen LogP contribution in [0.15, 0.2) is 42.7 Å². The second kappa shape index (κ2) is 8.75. The van der Waals surface area contributed by atoms with Crippen LogP contribution in [0.2, 0.25) is 0 Å². The highest BCUT2D eigenvalue weighted by Gasteiger charge is 2.32. The maximum atomic E-state index is 12.5. The van der Waals surface area contributed by atoms with Gasteiger partial charge in [0.05, 0.1) is 19.3 Å². The molecule has 6 heteroatoms. The van der Waals surface area contributed by atoms with Crippen molar-refractivity contribution in [2.45, 2.75) is 32.7 Å². The summed E-state index contributed by atoms with van der Waals surface area (Å²) >= 11 is 0. The number of pyridine rings is 1. The number of amides is 2. The van der Waals surface area contributed by atoms with Gasteiger partial charge in [0.1, 0.15) is 0 Å². The number of carbonyl (C=O) groups excluding carboxylic acids is 1. The van der Waals surface area contributed by atoms with Gasteiger partial charge in [0.15, 0.2) is 11.5 Å². The summed E-state index contributed by atoms with van der Waals surface area (Å²) in [4.78, 5) is 18.4. The molecule has 2 amide bonds. The van der Waals surface area contributed by atoms with E-state index in [4.69, 9.17) is 9.47 Å². The molecule has 1 aromatic heterocycles. The molecule has 1 aliphatic rings. The van der Waals surface area contributed by atoms with Gasteiger partial charge in [-0.15, -0.1) is 0 Å². The molecule has 0 aliphatic carbocycles. The van der Waals surface area contributed by atoms with Crippen LogP contribution < -0.4 is 14.8 Å². The highest BCUT2D eigenvalue weighted by Crippen LogP contribution is 2.31. The molecule has 0 radical (unpaired) electrons. The minimum Gasteiger partial charge on any atom is -0.490 e. The highest BCUT2D eigenvalue weighted by molar-refractivity contribution is 5.76. The SMILES string of the molecule is CCOc1ccc([C@@H](C)NC(=O)N2CC(c3ccncc3)C2)cc1OCC. The summed E-state index contributed by atoms with van der Waals surface area (Å²) in [6.07, 6.45) is 3.59. The largest absolute Gasteiger partial charge is 0.490 e. The fourth-order valence-electron chi connectivity index (χ4n) is 3.19. The Bertz CT molecular complexity index is 761. The fraction of sp³-hybridized carbons (Fsp3) is 0.429. The van der Waals surface area contributed by atoms with Crippen LogP contribution in [-0.2, 0) is 0 Å². The van der Waals surface area contributed by atoms with E-state index in [9.17, 15) is 4.79 Å². The van der Waals surface area contributed by atoms with Crippen LogP contribution in [0.25, 0.3) is 0 Å². The van der Waals surface area contributed by atoms with E-state index in [1.807, 2.05) is 56.0 Å². The van der Waals surface area contributed by atoms with Crippen LogP contribution in [0.5, 0.6) is 11.5 Å². The first-order valence-electron chi connectivity index (χ1n) is 9.47. The number of ether oxygens (including phenoxy) is 2. The van der Waals surface area contributed by atoms with Crippen LogP contribution in [0, 0.1) is 0 Å². The standard InChI is InChI=1S/C21H27N3O3/c1-4-26-19-7-6-17(12-20(19)27-5-2)15(3)23-21(25)24-13-18(14-24)16-8-10-22-11-9-16/h6-12,15,18H,4-5,13-14H2,1-3H3,(H,23,25)/t15-/m1/s1. The summed E-state index contributed by atoms with van der Waals surface area (Å²) in [6.45, 7) is 8.47. The maximum absolute atomic E-state index is 12.5. The van der Waals surface area contributed by atoms with Gasteiger partial charge in [-0.05, 0) is 56.2 Å². The average molecular weight is 369 g/mol. The van der Waals surface area contributed by atoms with Gasteiger partial charge in [0, 0.05) is 31.4 Å². The lowest BCUT2D eigenvalue weighted by atomic mass is 9.92. The zero-order chi connectivity index (χ0) is 19.2. The van der Waals surface area contributed by atoms with E-state index in [2.05, 4.69) is 10.3 Å². The summed E-state index contributed by atoms with van der Waals surface area (Å²) in [5.74, 6) is 1.83. The number of nitrogens with zero attached hydrogens (tertiary/aromatic N) is 2. The lowest BCUT2D eigenvalue weighted by Crippen LogP contribution is -2.52. The zero-order valence-electron chi connectivity index (χ0n) is 16.1. The number of urea groups is 1. The van der Waals surface area contributed by atoms with E-state index < -0.39 is 0 Å². The lowest BCUT2D eigenvalue weighted by molar-refractivity contribution is 0.148. The van der Waals surface area contributed by atoms with Crippen LogP contribution in [-0.4, -0.2) is 42.2 Å². The van der Waals surface area contributed by atoms with Crippen molar-refractivity contribution in [1.29, 1.82) is 0 Å². The molecule has 1 fully saturated rings. The predicted octanol–water partition coefficient (Wildman–Crippen LogP) is 3.75. The number of nitrogens with one attached hydrogen (secondary N) is 1. The van der Waals surface area contributed by atoms with E-state index in [1.54, 1.807) is 12.4 Å². The third-order valence-corrected chi connectivity index (χ3v) is 4.75. The van der Waals surface area contributed by atoms with Crippen molar-refractivity contribution in [2.24, 2.45) is 0 Å². The van der Waals surface area contributed by atoms with E-state index in [0.717, 1.165) is 24.4 Å². The zero-order valence-corrected chi connectivity index (χ0v) is 16.1. The molecule has 6 nitrogen and oxygen atoms in total. The van der Waals surface area contributed by atoms with E-state index in [0.29, 0.717) is 24.9 Å². The van der Waals surface area contributed by atoms with Crippen LogP contribution >= 0.6 is 0 Å². The molecule has 1 atom stereocenters. The van der Waals surface area contributed by atoms with E-state index in [1.165, 1.54) is 5.56 Å². The molecular formula is C21H27N3O3. The molecule has 3 rings (SSSR count). The van der Waals surface area contributed by atoms with Gasteiger partial charge in [-0.3, -0.25) is 4.98 Å². The van der Waals surface area contributed by atoms with Crippen molar-refractivity contribution in [2.75, 3.05) is 26.3 Å². The van der Waals surface area contributed by atoms with Gasteiger partial charge in [0.25, 0.3) is 0 Å². The van der Waals surface area contributed by atoms with Crippen molar-refractivity contribution < 1.29 is 14.3 Å². The van der Waals surface area contributed by atoms with Gasteiger partial charge in [0.2, 0.25) is 0 Å².